The number of hydrogen-bond acceptors (Lipinski definition) is 4. The molecule has 0 unspecified atom stereocenters. The van der Waals surface area contributed by atoms with Crippen LogP contribution in [0, 0.1) is 0 Å². The second kappa shape index (κ2) is 6.23. The van der Waals surface area contributed by atoms with Gasteiger partial charge in [-0.1, -0.05) is 0 Å². The van der Waals surface area contributed by atoms with Crippen molar-refractivity contribution >= 4 is 5.97 Å². The number of nitrogens with zero attached hydrogens (tertiary/aromatic N) is 2. The molecule has 2 rings (SSSR count). The number of ether oxygens (including phenoxy) is 1. The van der Waals surface area contributed by atoms with Crippen molar-refractivity contribution in [1.29, 1.82) is 0 Å². The Morgan fingerprint density at radius 1 is 1.11 bits per heavy atom. The summed E-state index contributed by atoms with van der Waals surface area (Å²) in [4.78, 5) is 17.0. The minimum Gasteiger partial charge on any atom is -0.459 e. The highest BCUT2D eigenvalue weighted by molar-refractivity contribution is 5.76. The molecule has 0 bridgehead atoms. The zero-order valence-corrected chi connectivity index (χ0v) is 12.7. The van der Waals surface area contributed by atoms with Crippen LogP contribution in [0.25, 0.3) is 0 Å². The lowest BCUT2D eigenvalue weighted by molar-refractivity contribution is -0.160. The fraction of sp³-hybridized carbons (Fsp3) is 0.933. The number of hydrogen-bond donors (Lipinski definition) is 0. The first kappa shape index (κ1) is 14.8. The van der Waals surface area contributed by atoms with Crippen molar-refractivity contribution in [2.75, 3.05) is 32.7 Å². The van der Waals surface area contributed by atoms with Gasteiger partial charge in [0.05, 0.1) is 0 Å². The Hall–Kier alpha value is -0.610. The van der Waals surface area contributed by atoms with E-state index in [1.165, 1.54) is 25.9 Å². The van der Waals surface area contributed by atoms with Crippen LogP contribution in [0.2, 0.25) is 0 Å². The molecule has 0 amide bonds. The molecule has 0 aromatic carbocycles. The van der Waals surface area contributed by atoms with E-state index in [4.69, 9.17) is 4.74 Å². The molecule has 0 saturated carbocycles. The monoisotopic (exact) mass is 268 g/mol. The third-order valence-electron chi connectivity index (χ3n) is 3.94. The van der Waals surface area contributed by atoms with Crippen molar-refractivity contribution in [2.45, 2.75) is 58.1 Å². The highest BCUT2D eigenvalue weighted by Gasteiger charge is 2.34. The van der Waals surface area contributed by atoms with Crippen molar-refractivity contribution in [3.8, 4) is 0 Å². The average Bonchev–Trinajstić information content (AvgIpc) is 2.95. The molecule has 19 heavy (non-hydrogen) atoms. The molecule has 0 spiro atoms. The van der Waals surface area contributed by atoms with Crippen LogP contribution in [-0.2, 0) is 9.53 Å². The number of carbonyl (C=O) groups is 1. The van der Waals surface area contributed by atoms with Gasteiger partial charge in [0.1, 0.15) is 11.6 Å². The smallest absolute Gasteiger partial charge is 0.323 e. The van der Waals surface area contributed by atoms with E-state index in [9.17, 15) is 4.79 Å². The Morgan fingerprint density at radius 3 is 2.42 bits per heavy atom. The van der Waals surface area contributed by atoms with Gasteiger partial charge in [0.15, 0.2) is 0 Å². The van der Waals surface area contributed by atoms with E-state index in [-0.39, 0.29) is 17.6 Å². The molecule has 0 N–H and O–H groups in total. The molecule has 110 valence electrons. The second-order valence-electron chi connectivity index (χ2n) is 6.78. The van der Waals surface area contributed by atoms with Gasteiger partial charge in [-0.25, -0.2) is 0 Å². The molecule has 2 saturated heterocycles. The number of rotatable bonds is 4. The first-order valence-electron chi connectivity index (χ1n) is 7.65. The molecule has 2 aliphatic heterocycles. The summed E-state index contributed by atoms with van der Waals surface area (Å²) < 4.78 is 5.53. The van der Waals surface area contributed by atoms with Gasteiger partial charge in [0.25, 0.3) is 0 Å². The van der Waals surface area contributed by atoms with E-state index in [0.29, 0.717) is 0 Å². The van der Waals surface area contributed by atoms with Crippen LogP contribution in [0.4, 0.5) is 0 Å². The standard InChI is InChI=1S/C15H28N2O2/c1-15(2,3)19-14(18)13-7-6-10-17(13)12-11-16-8-4-5-9-16/h13H,4-12H2,1-3H3/t13-/m1/s1. The Kier molecular flexibility index (Phi) is 4.85. The zero-order chi connectivity index (χ0) is 13.9. The van der Waals surface area contributed by atoms with Crippen molar-refractivity contribution in [3.63, 3.8) is 0 Å². The number of esters is 1. The molecule has 1 atom stereocenters. The van der Waals surface area contributed by atoms with Crippen LogP contribution in [0.15, 0.2) is 0 Å². The van der Waals surface area contributed by atoms with E-state index in [1.807, 2.05) is 20.8 Å². The molecule has 2 fully saturated rings. The second-order valence-corrected chi connectivity index (χ2v) is 6.78. The number of likely N-dealkylation sites (tertiary alicyclic amines) is 2. The molecule has 0 radical (unpaired) electrons. The minimum absolute atomic E-state index is 0.0122. The van der Waals surface area contributed by atoms with Gasteiger partial charge in [-0.05, 0) is 66.1 Å². The first-order chi connectivity index (χ1) is 8.96. The molecular weight excluding hydrogens is 240 g/mol. The van der Waals surface area contributed by atoms with Gasteiger partial charge in [0, 0.05) is 13.1 Å². The quantitative estimate of drug-likeness (QED) is 0.729. The lowest BCUT2D eigenvalue weighted by Gasteiger charge is -2.28. The first-order valence-corrected chi connectivity index (χ1v) is 7.65. The van der Waals surface area contributed by atoms with E-state index in [2.05, 4.69) is 9.80 Å². The Morgan fingerprint density at radius 2 is 1.79 bits per heavy atom. The summed E-state index contributed by atoms with van der Waals surface area (Å²) in [6, 6.07) is -0.0122. The molecule has 0 aromatic heterocycles. The maximum Gasteiger partial charge on any atom is 0.323 e. The van der Waals surface area contributed by atoms with E-state index >= 15 is 0 Å². The van der Waals surface area contributed by atoms with Crippen molar-refractivity contribution < 1.29 is 9.53 Å². The van der Waals surface area contributed by atoms with Gasteiger partial charge in [-0.2, -0.15) is 0 Å². The largest absolute Gasteiger partial charge is 0.459 e. The minimum atomic E-state index is -0.375. The molecule has 0 aliphatic carbocycles. The summed E-state index contributed by atoms with van der Waals surface area (Å²) in [6.45, 7) is 11.4. The fourth-order valence-corrected chi connectivity index (χ4v) is 3.01. The zero-order valence-electron chi connectivity index (χ0n) is 12.7. The van der Waals surface area contributed by atoms with E-state index in [1.54, 1.807) is 0 Å². The predicted molar refractivity (Wildman–Crippen MR) is 76.1 cm³/mol. The lowest BCUT2D eigenvalue weighted by Crippen LogP contribution is -2.43. The molecule has 2 heterocycles. The third-order valence-corrected chi connectivity index (χ3v) is 3.94. The SMILES string of the molecule is CC(C)(C)OC(=O)[C@H]1CCCN1CCN1CCCC1. The van der Waals surface area contributed by atoms with Crippen molar-refractivity contribution in [3.05, 3.63) is 0 Å². The van der Waals surface area contributed by atoms with E-state index in [0.717, 1.165) is 32.5 Å². The van der Waals surface area contributed by atoms with Gasteiger partial charge in [0.2, 0.25) is 0 Å². The maximum atomic E-state index is 12.2. The lowest BCUT2D eigenvalue weighted by atomic mass is 10.1. The fourth-order valence-electron chi connectivity index (χ4n) is 3.01. The Bertz CT molecular complexity index is 306. The van der Waals surface area contributed by atoms with Crippen LogP contribution in [0.1, 0.15) is 46.5 Å². The van der Waals surface area contributed by atoms with Crippen molar-refractivity contribution in [2.24, 2.45) is 0 Å². The molecule has 0 aromatic rings. The maximum absolute atomic E-state index is 12.2. The summed E-state index contributed by atoms with van der Waals surface area (Å²) in [5, 5.41) is 0. The van der Waals surface area contributed by atoms with Crippen LogP contribution < -0.4 is 0 Å². The van der Waals surface area contributed by atoms with Crippen molar-refractivity contribution in [1.82, 2.24) is 9.80 Å². The van der Waals surface area contributed by atoms with E-state index < -0.39 is 0 Å². The normalized spacial score (nSPS) is 25.9. The average molecular weight is 268 g/mol. The van der Waals surface area contributed by atoms with Crippen LogP contribution in [0.5, 0.6) is 0 Å². The molecular formula is C15H28N2O2. The highest BCUT2D eigenvalue weighted by Crippen LogP contribution is 2.21. The predicted octanol–water partition coefficient (Wildman–Crippen LogP) is 1.89. The Labute approximate surface area is 117 Å². The summed E-state index contributed by atoms with van der Waals surface area (Å²) in [5.41, 5.74) is -0.375. The molecule has 2 aliphatic rings. The van der Waals surface area contributed by atoms with Gasteiger partial charge < -0.3 is 9.64 Å². The molecule has 4 nitrogen and oxygen atoms in total. The summed E-state index contributed by atoms with van der Waals surface area (Å²) >= 11 is 0. The third kappa shape index (κ3) is 4.46. The molecule has 4 heteroatoms. The summed E-state index contributed by atoms with van der Waals surface area (Å²) in [6.07, 6.45) is 4.73. The van der Waals surface area contributed by atoms with Gasteiger partial charge in [-0.15, -0.1) is 0 Å². The topological polar surface area (TPSA) is 32.8 Å². The van der Waals surface area contributed by atoms with Crippen LogP contribution in [0.3, 0.4) is 0 Å². The van der Waals surface area contributed by atoms with Gasteiger partial charge in [-0.3, -0.25) is 9.69 Å². The summed E-state index contributed by atoms with van der Waals surface area (Å²) in [5.74, 6) is -0.0357. The summed E-state index contributed by atoms with van der Waals surface area (Å²) in [7, 11) is 0. The number of carbonyl (C=O) groups excluding carboxylic acids is 1. The highest BCUT2D eigenvalue weighted by atomic mass is 16.6. The Balaban J connectivity index is 1.80. The van der Waals surface area contributed by atoms with Crippen LogP contribution in [-0.4, -0.2) is 60.1 Å². The van der Waals surface area contributed by atoms with Crippen LogP contribution >= 0.6 is 0 Å². The van der Waals surface area contributed by atoms with Gasteiger partial charge >= 0.3 is 5.97 Å².